The third-order valence-electron chi connectivity index (χ3n) is 3.24. The molecule has 0 aliphatic carbocycles. The summed E-state index contributed by atoms with van der Waals surface area (Å²) in [5, 5.41) is 3.08. The molecule has 1 heterocycles. The summed E-state index contributed by atoms with van der Waals surface area (Å²) in [4.78, 5) is 13.9. The molecule has 0 aromatic heterocycles. The number of hydrogen-bond donors (Lipinski definition) is 1. The Kier molecular flexibility index (Phi) is 4.76. The minimum Gasteiger partial charge on any atom is -0.497 e. The van der Waals surface area contributed by atoms with E-state index in [2.05, 4.69) is 5.32 Å². The van der Waals surface area contributed by atoms with Crippen molar-refractivity contribution >= 4 is 11.6 Å². The van der Waals surface area contributed by atoms with Gasteiger partial charge in [0.15, 0.2) is 0 Å². The summed E-state index contributed by atoms with van der Waals surface area (Å²) in [5.74, 6) is 0.936. The molecule has 0 saturated carbocycles. The SMILES string of the molecule is COCCNCC(=O)N1CCc2cc(OC)ccc21. The Bertz CT molecular complexity index is 448. The second-order valence-electron chi connectivity index (χ2n) is 4.46. The molecule has 1 aromatic rings. The largest absolute Gasteiger partial charge is 0.497 e. The van der Waals surface area contributed by atoms with Gasteiger partial charge in [0, 0.05) is 25.9 Å². The fraction of sp³-hybridized carbons (Fsp3) is 0.500. The second-order valence-corrected chi connectivity index (χ2v) is 4.46. The van der Waals surface area contributed by atoms with Crippen LogP contribution in [0.15, 0.2) is 18.2 Å². The highest BCUT2D eigenvalue weighted by Gasteiger charge is 2.24. The molecule has 0 bridgehead atoms. The van der Waals surface area contributed by atoms with Gasteiger partial charge in [-0.05, 0) is 30.2 Å². The molecule has 2 rings (SSSR count). The van der Waals surface area contributed by atoms with Crippen molar-refractivity contribution in [2.24, 2.45) is 0 Å². The first-order valence-corrected chi connectivity index (χ1v) is 6.43. The van der Waals surface area contributed by atoms with Gasteiger partial charge < -0.3 is 19.7 Å². The van der Waals surface area contributed by atoms with Gasteiger partial charge in [-0.2, -0.15) is 0 Å². The molecule has 0 radical (unpaired) electrons. The Balaban J connectivity index is 1.95. The van der Waals surface area contributed by atoms with Gasteiger partial charge in [0.2, 0.25) is 5.91 Å². The maximum atomic E-state index is 12.1. The third-order valence-corrected chi connectivity index (χ3v) is 3.24. The highest BCUT2D eigenvalue weighted by molar-refractivity contribution is 5.96. The third kappa shape index (κ3) is 3.24. The molecule has 1 N–H and O–H groups in total. The van der Waals surface area contributed by atoms with E-state index >= 15 is 0 Å². The molecule has 0 saturated heterocycles. The summed E-state index contributed by atoms with van der Waals surface area (Å²) < 4.78 is 10.1. The average molecular weight is 264 g/mol. The lowest BCUT2D eigenvalue weighted by molar-refractivity contribution is -0.117. The summed E-state index contributed by atoms with van der Waals surface area (Å²) in [6.45, 7) is 2.38. The molecule has 0 spiro atoms. The molecule has 0 unspecified atom stereocenters. The number of carbonyl (C=O) groups is 1. The van der Waals surface area contributed by atoms with Crippen molar-refractivity contribution in [2.45, 2.75) is 6.42 Å². The standard InChI is InChI=1S/C14H20N2O3/c1-18-8-6-15-10-14(17)16-7-5-11-9-12(19-2)3-4-13(11)16/h3-4,9,15H,5-8,10H2,1-2H3. The maximum absolute atomic E-state index is 12.1. The number of benzene rings is 1. The van der Waals surface area contributed by atoms with E-state index in [4.69, 9.17) is 9.47 Å². The van der Waals surface area contributed by atoms with Gasteiger partial charge in [-0.15, -0.1) is 0 Å². The van der Waals surface area contributed by atoms with Crippen molar-refractivity contribution in [3.05, 3.63) is 23.8 Å². The van der Waals surface area contributed by atoms with Gasteiger partial charge in [-0.1, -0.05) is 0 Å². The molecule has 5 nitrogen and oxygen atoms in total. The average Bonchev–Trinajstić information content (AvgIpc) is 2.86. The quantitative estimate of drug-likeness (QED) is 0.773. The number of fused-ring (bicyclic) bond motifs is 1. The Hall–Kier alpha value is -1.59. The highest BCUT2D eigenvalue weighted by atomic mass is 16.5. The zero-order valence-electron chi connectivity index (χ0n) is 11.4. The van der Waals surface area contributed by atoms with Crippen LogP contribution in [-0.4, -0.2) is 46.4 Å². The van der Waals surface area contributed by atoms with Gasteiger partial charge in [0.25, 0.3) is 0 Å². The van der Waals surface area contributed by atoms with Gasteiger partial charge >= 0.3 is 0 Å². The number of ether oxygens (including phenoxy) is 2. The van der Waals surface area contributed by atoms with Crippen molar-refractivity contribution < 1.29 is 14.3 Å². The number of amides is 1. The number of nitrogens with zero attached hydrogens (tertiary/aromatic N) is 1. The van der Waals surface area contributed by atoms with Crippen molar-refractivity contribution in [1.29, 1.82) is 0 Å². The molecule has 104 valence electrons. The number of carbonyl (C=O) groups excluding carboxylic acids is 1. The number of hydrogen-bond acceptors (Lipinski definition) is 4. The normalized spacial score (nSPS) is 13.5. The van der Waals surface area contributed by atoms with Crippen LogP contribution in [0.1, 0.15) is 5.56 Å². The van der Waals surface area contributed by atoms with Crippen LogP contribution >= 0.6 is 0 Å². The van der Waals surface area contributed by atoms with Crippen LogP contribution in [0.2, 0.25) is 0 Å². The van der Waals surface area contributed by atoms with Crippen LogP contribution < -0.4 is 15.0 Å². The van der Waals surface area contributed by atoms with E-state index < -0.39 is 0 Å². The molecule has 1 aliphatic rings. The molecular formula is C14H20N2O3. The van der Waals surface area contributed by atoms with E-state index in [9.17, 15) is 4.79 Å². The minimum atomic E-state index is 0.0972. The summed E-state index contributed by atoms with van der Waals surface area (Å²) >= 11 is 0. The Morgan fingerprint density at radius 2 is 2.26 bits per heavy atom. The van der Waals surface area contributed by atoms with Crippen LogP contribution in [0.5, 0.6) is 5.75 Å². The lowest BCUT2D eigenvalue weighted by Gasteiger charge is -2.17. The van der Waals surface area contributed by atoms with Crippen molar-refractivity contribution in [3.8, 4) is 5.75 Å². The van der Waals surface area contributed by atoms with E-state index in [1.54, 1.807) is 14.2 Å². The predicted molar refractivity (Wildman–Crippen MR) is 73.8 cm³/mol. The summed E-state index contributed by atoms with van der Waals surface area (Å²) in [6.07, 6.45) is 0.885. The number of anilines is 1. The minimum absolute atomic E-state index is 0.0972. The van der Waals surface area contributed by atoms with Crippen molar-refractivity contribution in [2.75, 3.05) is 45.4 Å². The van der Waals surface area contributed by atoms with E-state index in [1.165, 1.54) is 5.56 Å². The van der Waals surface area contributed by atoms with Crippen LogP contribution in [-0.2, 0) is 16.0 Å². The fourth-order valence-electron chi connectivity index (χ4n) is 2.23. The van der Waals surface area contributed by atoms with E-state index in [0.29, 0.717) is 19.7 Å². The molecule has 19 heavy (non-hydrogen) atoms. The molecule has 0 atom stereocenters. The van der Waals surface area contributed by atoms with E-state index in [-0.39, 0.29) is 5.91 Å². The predicted octanol–water partition coefficient (Wildman–Crippen LogP) is 0.820. The zero-order valence-corrected chi connectivity index (χ0v) is 11.4. The monoisotopic (exact) mass is 264 g/mol. The molecule has 0 fully saturated rings. The van der Waals surface area contributed by atoms with Gasteiger partial charge in [-0.3, -0.25) is 4.79 Å². The van der Waals surface area contributed by atoms with E-state index in [0.717, 1.165) is 24.4 Å². The molecule has 1 aliphatic heterocycles. The first-order chi connectivity index (χ1) is 9.26. The lowest BCUT2D eigenvalue weighted by Crippen LogP contribution is -2.38. The number of methoxy groups -OCH3 is 2. The Morgan fingerprint density at radius 1 is 1.42 bits per heavy atom. The summed E-state index contributed by atoms with van der Waals surface area (Å²) in [6, 6.07) is 5.85. The number of rotatable bonds is 6. The van der Waals surface area contributed by atoms with Crippen LogP contribution in [0, 0.1) is 0 Å². The van der Waals surface area contributed by atoms with Crippen LogP contribution in [0.4, 0.5) is 5.69 Å². The zero-order chi connectivity index (χ0) is 13.7. The summed E-state index contributed by atoms with van der Waals surface area (Å²) in [7, 11) is 3.30. The lowest BCUT2D eigenvalue weighted by atomic mass is 10.1. The Labute approximate surface area is 113 Å². The topological polar surface area (TPSA) is 50.8 Å². The first kappa shape index (κ1) is 13.8. The fourth-order valence-corrected chi connectivity index (χ4v) is 2.23. The van der Waals surface area contributed by atoms with E-state index in [1.807, 2.05) is 23.1 Å². The van der Waals surface area contributed by atoms with Crippen molar-refractivity contribution in [3.63, 3.8) is 0 Å². The maximum Gasteiger partial charge on any atom is 0.240 e. The molecule has 1 aromatic carbocycles. The highest BCUT2D eigenvalue weighted by Crippen LogP contribution is 2.31. The van der Waals surface area contributed by atoms with Gasteiger partial charge in [0.05, 0.1) is 20.3 Å². The summed E-state index contributed by atoms with van der Waals surface area (Å²) in [5.41, 5.74) is 2.17. The van der Waals surface area contributed by atoms with Crippen LogP contribution in [0.3, 0.4) is 0 Å². The second kappa shape index (κ2) is 6.54. The smallest absolute Gasteiger partial charge is 0.240 e. The van der Waals surface area contributed by atoms with Crippen LogP contribution in [0.25, 0.3) is 0 Å². The molecule has 1 amide bonds. The molecule has 5 heteroatoms. The van der Waals surface area contributed by atoms with Crippen molar-refractivity contribution in [1.82, 2.24) is 5.32 Å². The number of nitrogens with one attached hydrogen (secondary N) is 1. The molecular weight excluding hydrogens is 244 g/mol. The van der Waals surface area contributed by atoms with Gasteiger partial charge in [-0.25, -0.2) is 0 Å². The first-order valence-electron chi connectivity index (χ1n) is 6.43. The Morgan fingerprint density at radius 3 is 3.00 bits per heavy atom. The van der Waals surface area contributed by atoms with Gasteiger partial charge in [0.1, 0.15) is 5.75 Å².